The number of carbonyl (C=O) groups excluding carboxylic acids is 1. The Morgan fingerprint density at radius 3 is 2.12 bits per heavy atom. The molecule has 1 aliphatic rings. The van der Waals surface area contributed by atoms with Crippen molar-refractivity contribution in [3.63, 3.8) is 0 Å². The highest BCUT2D eigenvalue weighted by Crippen LogP contribution is 2.45. The quantitative estimate of drug-likeness (QED) is 0.246. The third kappa shape index (κ3) is 5.69. The maximum absolute atomic E-state index is 11.6. The van der Waals surface area contributed by atoms with Gasteiger partial charge in [0, 0.05) is 5.92 Å². The van der Waals surface area contributed by atoms with E-state index in [1.165, 1.54) is 7.11 Å². The largest absolute Gasteiger partial charge is 0.469 e. The lowest BCUT2D eigenvalue weighted by Crippen LogP contribution is -2.50. The van der Waals surface area contributed by atoms with E-state index in [9.17, 15) is 4.79 Å². The highest BCUT2D eigenvalue weighted by Gasteiger charge is 2.47. The lowest BCUT2D eigenvalue weighted by atomic mass is 9.81. The second kappa shape index (κ2) is 9.54. The number of carbonyl (C=O) groups is 1. The molecule has 0 N–H and O–H groups in total. The van der Waals surface area contributed by atoms with Crippen LogP contribution in [0.4, 0.5) is 0 Å². The highest BCUT2D eigenvalue weighted by atomic mass is 28.4. The Morgan fingerprint density at radius 1 is 1.12 bits per heavy atom. The van der Waals surface area contributed by atoms with E-state index in [1.807, 2.05) is 0 Å². The monoisotopic (exact) mass is 382 g/mol. The van der Waals surface area contributed by atoms with Crippen LogP contribution in [0.15, 0.2) is 12.2 Å². The number of hydrogen-bond donors (Lipinski definition) is 0. The fourth-order valence-corrected chi connectivity index (χ4v) is 10.5. The van der Waals surface area contributed by atoms with E-state index >= 15 is 0 Å². The van der Waals surface area contributed by atoms with Gasteiger partial charge in [-0.3, -0.25) is 4.79 Å². The molecule has 26 heavy (non-hydrogen) atoms. The average molecular weight is 383 g/mol. The Labute approximate surface area is 163 Å². The molecule has 0 aromatic carbocycles. The standard InChI is InChI=1S/C22H42O3Si/c1-16(2)26(17(3)4,18(5)6)25-20-12-10-11-19(20)13-14-22(7,8)15-21(23)24-9/h10-11,16-20H,12-15H2,1-9H3/t19-,20+/m1/s1. The summed E-state index contributed by atoms with van der Waals surface area (Å²) >= 11 is 0. The van der Waals surface area contributed by atoms with Gasteiger partial charge in [-0.05, 0) is 41.3 Å². The third-order valence-corrected chi connectivity index (χ3v) is 12.4. The van der Waals surface area contributed by atoms with Crippen molar-refractivity contribution in [3.8, 4) is 0 Å². The summed E-state index contributed by atoms with van der Waals surface area (Å²) in [4.78, 5) is 11.6. The van der Waals surface area contributed by atoms with Crippen LogP contribution in [-0.2, 0) is 14.0 Å². The second-order valence-corrected chi connectivity index (χ2v) is 15.2. The summed E-state index contributed by atoms with van der Waals surface area (Å²) in [6.07, 6.45) is 8.54. The van der Waals surface area contributed by atoms with E-state index in [0.29, 0.717) is 35.1 Å². The van der Waals surface area contributed by atoms with Gasteiger partial charge in [0.25, 0.3) is 0 Å². The molecular weight excluding hydrogens is 340 g/mol. The molecule has 0 aromatic heterocycles. The van der Waals surface area contributed by atoms with E-state index in [1.54, 1.807) is 0 Å². The summed E-state index contributed by atoms with van der Waals surface area (Å²) in [7, 11) is -0.387. The molecule has 0 heterocycles. The molecule has 0 spiro atoms. The smallest absolute Gasteiger partial charge is 0.306 e. The number of rotatable bonds is 10. The fraction of sp³-hybridized carbons (Fsp3) is 0.864. The molecule has 0 aliphatic heterocycles. The number of methoxy groups -OCH3 is 1. The molecule has 0 fully saturated rings. The minimum atomic E-state index is -1.86. The molecule has 0 aromatic rings. The predicted molar refractivity (Wildman–Crippen MR) is 113 cm³/mol. The van der Waals surface area contributed by atoms with Gasteiger partial charge in [0.1, 0.15) is 0 Å². The minimum absolute atomic E-state index is 0.0310. The van der Waals surface area contributed by atoms with Gasteiger partial charge >= 0.3 is 5.97 Å². The van der Waals surface area contributed by atoms with Crippen LogP contribution in [0.1, 0.15) is 81.1 Å². The Morgan fingerprint density at radius 2 is 1.65 bits per heavy atom. The summed E-state index contributed by atoms with van der Waals surface area (Å²) in [5, 5.41) is 0. The summed E-state index contributed by atoms with van der Waals surface area (Å²) in [6, 6.07) is 0. The van der Waals surface area contributed by atoms with Crippen LogP contribution in [0, 0.1) is 11.3 Å². The van der Waals surface area contributed by atoms with E-state index < -0.39 is 8.32 Å². The molecule has 0 saturated carbocycles. The summed E-state index contributed by atoms with van der Waals surface area (Å²) in [5.41, 5.74) is 1.80. The van der Waals surface area contributed by atoms with Gasteiger partial charge in [-0.2, -0.15) is 0 Å². The molecule has 152 valence electrons. The average Bonchev–Trinajstić information content (AvgIpc) is 2.96. The predicted octanol–water partition coefficient (Wildman–Crippen LogP) is 6.49. The number of hydrogen-bond acceptors (Lipinski definition) is 3. The topological polar surface area (TPSA) is 35.5 Å². The number of ether oxygens (including phenoxy) is 1. The summed E-state index contributed by atoms with van der Waals surface area (Å²) in [5.74, 6) is 0.352. The SMILES string of the molecule is COC(=O)CC(C)(C)CC[C@H]1C=CC[C@@H]1O[Si](C(C)C)(C(C)C)C(C)C. The van der Waals surface area contributed by atoms with E-state index in [0.717, 1.165) is 19.3 Å². The Balaban J connectivity index is 2.80. The zero-order valence-electron chi connectivity index (χ0n) is 18.6. The lowest BCUT2D eigenvalue weighted by molar-refractivity contribution is -0.143. The maximum atomic E-state index is 11.6. The molecule has 0 radical (unpaired) electrons. The van der Waals surface area contributed by atoms with Crippen LogP contribution >= 0.6 is 0 Å². The van der Waals surface area contributed by atoms with Crippen molar-refractivity contribution in [2.75, 3.05) is 7.11 Å². The lowest BCUT2D eigenvalue weighted by Gasteiger charge is -2.45. The maximum Gasteiger partial charge on any atom is 0.306 e. The van der Waals surface area contributed by atoms with Crippen LogP contribution in [-0.4, -0.2) is 27.5 Å². The van der Waals surface area contributed by atoms with Crippen molar-refractivity contribution in [1.82, 2.24) is 0 Å². The van der Waals surface area contributed by atoms with Crippen molar-refractivity contribution >= 4 is 14.3 Å². The minimum Gasteiger partial charge on any atom is -0.469 e. The second-order valence-electron chi connectivity index (χ2n) is 9.76. The van der Waals surface area contributed by atoms with E-state index in [-0.39, 0.29) is 11.4 Å². The fourth-order valence-electron chi connectivity index (χ4n) is 4.88. The van der Waals surface area contributed by atoms with Gasteiger partial charge in [-0.15, -0.1) is 0 Å². The molecule has 2 atom stereocenters. The van der Waals surface area contributed by atoms with Gasteiger partial charge in [-0.1, -0.05) is 67.5 Å². The zero-order valence-corrected chi connectivity index (χ0v) is 19.6. The first-order valence-corrected chi connectivity index (χ1v) is 12.5. The molecule has 0 saturated heterocycles. The van der Waals surface area contributed by atoms with Gasteiger partial charge in [-0.25, -0.2) is 0 Å². The number of esters is 1. The molecule has 0 unspecified atom stereocenters. The van der Waals surface area contributed by atoms with Crippen molar-refractivity contribution in [2.45, 2.75) is 104 Å². The first-order valence-electron chi connectivity index (χ1n) is 10.4. The van der Waals surface area contributed by atoms with E-state index in [2.05, 4.69) is 67.5 Å². The van der Waals surface area contributed by atoms with Crippen LogP contribution in [0.3, 0.4) is 0 Å². The zero-order chi connectivity index (χ0) is 20.1. The van der Waals surface area contributed by atoms with E-state index in [4.69, 9.17) is 9.16 Å². The first kappa shape index (κ1) is 23.4. The van der Waals surface area contributed by atoms with Crippen LogP contribution in [0.2, 0.25) is 16.6 Å². The molecule has 0 bridgehead atoms. The van der Waals surface area contributed by atoms with Gasteiger partial charge in [0.05, 0.1) is 19.6 Å². The molecule has 3 nitrogen and oxygen atoms in total. The van der Waals surface area contributed by atoms with Crippen molar-refractivity contribution in [2.24, 2.45) is 11.3 Å². The third-order valence-electron chi connectivity index (χ3n) is 6.30. The van der Waals surface area contributed by atoms with Gasteiger partial charge in [0.15, 0.2) is 0 Å². The molecule has 4 heteroatoms. The van der Waals surface area contributed by atoms with Gasteiger partial charge in [0.2, 0.25) is 8.32 Å². The van der Waals surface area contributed by atoms with Crippen molar-refractivity contribution < 1.29 is 14.0 Å². The molecule has 0 amide bonds. The summed E-state index contributed by atoms with van der Waals surface area (Å²) < 4.78 is 11.9. The Kier molecular flexibility index (Phi) is 8.60. The van der Waals surface area contributed by atoms with Crippen molar-refractivity contribution in [1.29, 1.82) is 0 Å². The highest BCUT2D eigenvalue weighted by molar-refractivity contribution is 6.77. The van der Waals surface area contributed by atoms with Crippen molar-refractivity contribution in [3.05, 3.63) is 12.2 Å². The Bertz CT molecular complexity index is 458. The van der Waals surface area contributed by atoms with Crippen LogP contribution in [0.25, 0.3) is 0 Å². The molecule has 1 aliphatic carbocycles. The first-order chi connectivity index (χ1) is 12.0. The Hall–Kier alpha value is -0.613. The molecule has 1 rings (SSSR count). The molecular formula is C22H42O3Si. The van der Waals surface area contributed by atoms with Gasteiger partial charge < -0.3 is 9.16 Å². The summed E-state index contributed by atoms with van der Waals surface area (Å²) in [6.45, 7) is 18.4. The van der Waals surface area contributed by atoms with Crippen LogP contribution in [0.5, 0.6) is 0 Å². The normalized spacial score (nSPS) is 21.2. The van der Waals surface area contributed by atoms with Crippen LogP contribution < -0.4 is 0 Å².